The van der Waals surface area contributed by atoms with E-state index in [-0.39, 0.29) is 0 Å². The lowest BCUT2D eigenvalue weighted by molar-refractivity contribution is -0.176. The van der Waals surface area contributed by atoms with Crippen molar-refractivity contribution in [1.82, 2.24) is 9.55 Å². The molecule has 1 saturated heterocycles. The van der Waals surface area contributed by atoms with Gasteiger partial charge in [0, 0.05) is 5.56 Å². The minimum atomic E-state index is -1.02. The maximum atomic E-state index is 6.60. The molecule has 28 heavy (non-hydrogen) atoms. The summed E-state index contributed by atoms with van der Waals surface area (Å²) < 4.78 is 19.7. The van der Waals surface area contributed by atoms with Crippen LogP contribution in [-0.4, -0.2) is 22.8 Å². The van der Waals surface area contributed by atoms with Crippen LogP contribution in [0.3, 0.4) is 0 Å². The number of rotatable bonds is 5. The molecule has 5 nitrogen and oxygen atoms in total. The predicted molar refractivity (Wildman–Crippen MR) is 106 cm³/mol. The number of terminal acetylenes is 1. The third-order valence-corrected chi connectivity index (χ3v) is 4.91. The molecule has 0 spiro atoms. The third kappa shape index (κ3) is 3.63. The summed E-state index contributed by atoms with van der Waals surface area (Å²) in [6.45, 7) is 3.32. The quantitative estimate of drug-likeness (QED) is 0.597. The number of halogens is 1. The number of nitrogens with zero attached hydrogens (tertiary/aromatic N) is 2. The first-order valence-corrected chi connectivity index (χ1v) is 9.27. The minimum Gasteiger partial charge on any atom is -0.457 e. The average Bonchev–Trinajstić information content (AvgIpc) is 3.34. The highest BCUT2D eigenvalue weighted by Crippen LogP contribution is 2.39. The summed E-state index contributed by atoms with van der Waals surface area (Å²) in [4.78, 5) is 4.11. The van der Waals surface area contributed by atoms with Gasteiger partial charge < -0.3 is 18.8 Å². The normalized spacial score (nSPS) is 15.3. The van der Waals surface area contributed by atoms with Crippen LogP contribution in [0.1, 0.15) is 16.8 Å². The fraction of sp³-hybridized carbons (Fsp3) is 0.227. The number of aromatic nitrogens is 2. The molecule has 1 aromatic heterocycles. The molecule has 6 heteroatoms. The SMILES string of the molecule is C#Cc1cncn1CC1(c2ccc(Oc3ccc(C)cc3)cc2Cl)OCCO1. The van der Waals surface area contributed by atoms with Gasteiger partial charge in [-0.15, -0.1) is 6.42 Å². The van der Waals surface area contributed by atoms with Gasteiger partial charge in [0.1, 0.15) is 17.2 Å². The van der Waals surface area contributed by atoms with Crippen LogP contribution >= 0.6 is 11.6 Å². The van der Waals surface area contributed by atoms with Crippen molar-refractivity contribution >= 4 is 11.6 Å². The molecule has 2 aromatic carbocycles. The largest absolute Gasteiger partial charge is 0.457 e. The van der Waals surface area contributed by atoms with Crippen molar-refractivity contribution in [3.05, 3.63) is 76.8 Å². The number of ether oxygens (including phenoxy) is 3. The van der Waals surface area contributed by atoms with E-state index in [2.05, 4.69) is 10.9 Å². The maximum Gasteiger partial charge on any atom is 0.215 e. The predicted octanol–water partition coefficient (Wildman–Crippen LogP) is 4.52. The van der Waals surface area contributed by atoms with Crippen molar-refractivity contribution in [2.45, 2.75) is 19.3 Å². The molecule has 4 rings (SSSR count). The smallest absolute Gasteiger partial charge is 0.215 e. The Bertz CT molecular complexity index is 1020. The molecule has 0 aliphatic carbocycles. The Morgan fingerprint density at radius 1 is 1.18 bits per heavy atom. The Balaban J connectivity index is 1.62. The van der Waals surface area contributed by atoms with Gasteiger partial charge in [-0.3, -0.25) is 0 Å². The van der Waals surface area contributed by atoms with E-state index in [0.29, 0.717) is 36.2 Å². The maximum absolute atomic E-state index is 6.60. The van der Waals surface area contributed by atoms with Crippen molar-refractivity contribution in [2.75, 3.05) is 13.2 Å². The lowest BCUT2D eigenvalue weighted by atomic mass is 10.0. The van der Waals surface area contributed by atoms with Gasteiger partial charge in [-0.2, -0.15) is 0 Å². The number of benzene rings is 2. The number of aryl methyl sites for hydroxylation is 1. The summed E-state index contributed by atoms with van der Waals surface area (Å²) in [7, 11) is 0. The summed E-state index contributed by atoms with van der Waals surface area (Å²) in [5, 5.41) is 0.494. The van der Waals surface area contributed by atoms with Crippen LogP contribution in [0.15, 0.2) is 55.0 Å². The standard InChI is InChI=1S/C22H19ClN2O3/c1-3-17-13-24-15-25(17)14-22(26-10-11-27-22)20-9-8-19(12-21(20)23)28-18-6-4-16(2)5-7-18/h1,4-9,12-13,15H,10-11,14H2,2H3. The molecule has 0 bridgehead atoms. The number of hydrogen-bond donors (Lipinski definition) is 0. The van der Waals surface area contributed by atoms with Crippen LogP contribution in [0.5, 0.6) is 11.5 Å². The van der Waals surface area contributed by atoms with Crippen LogP contribution in [0, 0.1) is 19.3 Å². The summed E-state index contributed by atoms with van der Waals surface area (Å²) >= 11 is 6.60. The van der Waals surface area contributed by atoms with E-state index < -0.39 is 5.79 Å². The van der Waals surface area contributed by atoms with E-state index in [1.54, 1.807) is 18.6 Å². The van der Waals surface area contributed by atoms with Gasteiger partial charge in [0.25, 0.3) is 0 Å². The zero-order valence-electron chi connectivity index (χ0n) is 15.4. The second-order valence-electron chi connectivity index (χ2n) is 6.56. The van der Waals surface area contributed by atoms with Crippen molar-refractivity contribution in [2.24, 2.45) is 0 Å². The Hall–Kier alpha value is -2.78. The van der Waals surface area contributed by atoms with E-state index in [4.69, 9.17) is 32.2 Å². The highest BCUT2D eigenvalue weighted by Gasteiger charge is 2.41. The molecule has 2 heterocycles. The van der Waals surface area contributed by atoms with E-state index in [1.165, 1.54) is 5.56 Å². The van der Waals surface area contributed by atoms with Crippen LogP contribution in [0.4, 0.5) is 0 Å². The summed E-state index contributed by atoms with van der Waals surface area (Å²) in [6, 6.07) is 13.3. The first-order valence-electron chi connectivity index (χ1n) is 8.89. The second-order valence-corrected chi connectivity index (χ2v) is 6.96. The zero-order chi connectivity index (χ0) is 19.6. The number of imidazole rings is 1. The topological polar surface area (TPSA) is 45.5 Å². The van der Waals surface area contributed by atoms with E-state index in [9.17, 15) is 0 Å². The fourth-order valence-electron chi connectivity index (χ4n) is 3.19. The first-order chi connectivity index (χ1) is 13.6. The van der Waals surface area contributed by atoms with Crippen LogP contribution in [0.2, 0.25) is 5.02 Å². The molecular weight excluding hydrogens is 376 g/mol. The zero-order valence-corrected chi connectivity index (χ0v) is 16.1. The molecule has 1 fully saturated rings. The third-order valence-electron chi connectivity index (χ3n) is 4.60. The minimum absolute atomic E-state index is 0.352. The van der Waals surface area contributed by atoms with Gasteiger partial charge in [-0.25, -0.2) is 4.98 Å². The second kappa shape index (κ2) is 7.69. The molecule has 0 N–H and O–H groups in total. The van der Waals surface area contributed by atoms with Gasteiger partial charge in [-0.1, -0.05) is 35.2 Å². The molecule has 1 aliphatic rings. The first kappa shape index (κ1) is 18.6. The van der Waals surface area contributed by atoms with Crippen LogP contribution < -0.4 is 4.74 Å². The van der Waals surface area contributed by atoms with Crippen molar-refractivity contribution in [3.8, 4) is 23.8 Å². The summed E-state index contributed by atoms with van der Waals surface area (Å²) in [5.74, 6) is 2.97. The fourth-order valence-corrected chi connectivity index (χ4v) is 3.50. The molecule has 0 atom stereocenters. The van der Waals surface area contributed by atoms with Crippen molar-refractivity contribution < 1.29 is 14.2 Å². The molecule has 3 aromatic rings. The Kier molecular flexibility index (Phi) is 5.10. The van der Waals surface area contributed by atoms with Gasteiger partial charge in [0.2, 0.25) is 5.79 Å². The molecule has 0 radical (unpaired) electrons. The van der Waals surface area contributed by atoms with Gasteiger partial charge in [0.05, 0.1) is 37.3 Å². The van der Waals surface area contributed by atoms with Crippen LogP contribution in [0.25, 0.3) is 0 Å². The van der Waals surface area contributed by atoms with Gasteiger partial charge in [-0.05, 0) is 37.3 Å². The highest BCUT2D eigenvalue weighted by atomic mass is 35.5. The highest BCUT2D eigenvalue weighted by molar-refractivity contribution is 6.31. The van der Waals surface area contributed by atoms with Crippen molar-refractivity contribution in [1.29, 1.82) is 0 Å². The Labute approximate surface area is 168 Å². The lowest BCUT2D eigenvalue weighted by Gasteiger charge is -2.29. The molecule has 0 unspecified atom stereocenters. The van der Waals surface area contributed by atoms with E-state index >= 15 is 0 Å². The Morgan fingerprint density at radius 2 is 1.89 bits per heavy atom. The van der Waals surface area contributed by atoms with Crippen LogP contribution in [-0.2, 0) is 21.8 Å². The lowest BCUT2D eigenvalue weighted by Crippen LogP contribution is -2.33. The molecule has 1 aliphatic heterocycles. The molecular formula is C22H19ClN2O3. The molecule has 0 amide bonds. The average molecular weight is 395 g/mol. The molecule has 142 valence electrons. The summed E-state index contributed by atoms with van der Waals surface area (Å²) in [5.41, 5.74) is 2.54. The molecule has 0 saturated carbocycles. The Morgan fingerprint density at radius 3 is 2.57 bits per heavy atom. The van der Waals surface area contributed by atoms with E-state index in [0.717, 1.165) is 11.3 Å². The van der Waals surface area contributed by atoms with Crippen molar-refractivity contribution in [3.63, 3.8) is 0 Å². The van der Waals surface area contributed by atoms with Gasteiger partial charge >= 0.3 is 0 Å². The number of hydrogen-bond acceptors (Lipinski definition) is 4. The van der Waals surface area contributed by atoms with Gasteiger partial charge in [0.15, 0.2) is 0 Å². The van der Waals surface area contributed by atoms with E-state index in [1.807, 2.05) is 47.9 Å². The summed E-state index contributed by atoms with van der Waals surface area (Å²) in [6.07, 6.45) is 8.83. The monoisotopic (exact) mass is 394 g/mol.